The van der Waals surface area contributed by atoms with Crippen molar-refractivity contribution in [2.45, 2.75) is 58.4 Å². The van der Waals surface area contributed by atoms with E-state index in [0.717, 1.165) is 43.4 Å². The molecule has 0 bridgehead atoms. The summed E-state index contributed by atoms with van der Waals surface area (Å²) in [4.78, 5) is 23.5. The van der Waals surface area contributed by atoms with Gasteiger partial charge in [0.1, 0.15) is 11.8 Å². The molecule has 0 spiro atoms. The SMILES string of the molecule is CC(C)C[C@H](NC(=O)c1noc2c1CCCCC2)C(=O)O. The zero-order valence-electron chi connectivity index (χ0n) is 12.5. The average Bonchev–Trinajstić information content (AvgIpc) is 2.66. The second-order valence-corrected chi connectivity index (χ2v) is 5.99. The summed E-state index contributed by atoms with van der Waals surface area (Å²) in [5.74, 6) is -0.518. The number of nitrogens with zero attached hydrogens (tertiary/aromatic N) is 1. The van der Waals surface area contributed by atoms with Crippen molar-refractivity contribution >= 4 is 11.9 Å². The molecule has 0 aliphatic heterocycles. The molecule has 0 aromatic carbocycles. The molecule has 1 amide bonds. The topological polar surface area (TPSA) is 92.4 Å². The number of rotatable bonds is 5. The molecule has 0 saturated heterocycles. The van der Waals surface area contributed by atoms with E-state index in [1.165, 1.54) is 0 Å². The van der Waals surface area contributed by atoms with E-state index in [1.807, 2.05) is 13.8 Å². The molecule has 1 aliphatic carbocycles. The predicted molar refractivity (Wildman–Crippen MR) is 76.1 cm³/mol. The van der Waals surface area contributed by atoms with E-state index >= 15 is 0 Å². The highest BCUT2D eigenvalue weighted by atomic mass is 16.5. The maximum absolute atomic E-state index is 12.3. The molecule has 2 N–H and O–H groups in total. The molecule has 1 aromatic rings. The Kier molecular flexibility index (Phi) is 4.98. The summed E-state index contributed by atoms with van der Waals surface area (Å²) in [6.07, 6.45) is 5.10. The van der Waals surface area contributed by atoms with Crippen LogP contribution in [0, 0.1) is 5.92 Å². The molecule has 6 nitrogen and oxygen atoms in total. The molecule has 1 aromatic heterocycles. The van der Waals surface area contributed by atoms with Crippen molar-refractivity contribution in [3.8, 4) is 0 Å². The second-order valence-electron chi connectivity index (χ2n) is 5.99. The van der Waals surface area contributed by atoms with Crippen molar-refractivity contribution in [2.75, 3.05) is 0 Å². The van der Waals surface area contributed by atoms with Gasteiger partial charge in [0, 0.05) is 12.0 Å². The number of fused-ring (bicyclic) bond motifs is 1. The number of carboxylic acids is 1. The Morgan fingerprint density at radius 3 is 2.67 bits per heavy atom. The molecule has 116 valence electrons. The number of carbonyl (C=O) groups excluding carboxylic acids is 1. The van der Waals surface area contributed by atoms with Gasteiger partial charge in [-0.25, -0.2) is 4.79 Å². The highest BCUT2D eigenvalue weighted by molar-refractivity contribution is 5.96. The Balaban J connectivity index is 2.12. The molecule has 0 saturated carbocycles. The summed E-state index contributed by atoms with van der Waals surface area (Å²) < 4.78 is 5.25. The van der Waals surface area contributed by atoms with Gasteiger partial charge in [-0.15, -0.1) is 0 Å². The van der Waals surface area contributed by atoms with Gasteiger partial charge >= 0.3 is 5.97 Å². The van der Waals surface area contributed by atoms with Crippen LogP contribution >= 0.6 is 0 Å². The summed E-state index contributed by atoms with van der Waals surface area (Å²) in [6, 6.07) is -0.893. The standard InChI is InChI=1S/C15H22N2O4/c1-9(2)8-11(15(19)20)16-14(18)13-10-6-4-3-5-7-12(10)21-17-13/h9,11H,3-8H2,1-2H3,(H,16,18)(H,19,20)/t11-/m0/s1. The molecule has 0 fully saturated rings. The van der Waals surface area contributed by atoms with Gasteiger partial charge in [-0.05, 0) is 31.6 Å². The van der Waals surface area contributed by atoms with E-state index < -0.39 is 17.9 Å². The summed E-state index contributed by atoms with van der Waals surface area (Å²) >= 11 is 0. The van der Waals surface area contributed by atoms with E-state index in [0.29, 0.717) is 6.42 Å². The molecule has 1 heterocycles. The Morgan fingerprint density at radius 2 is 2.00 bits per heavy atom. The van der Waals surface area contributed by atoms with Crippen LogP contribution in [0.1, 0.15) is 61.3 Å². The lowest BCUT2D eigenvalue weighted by Crippen LogP contribution is -2.42. The van der Waals surface area contributed by atoms with Crippen LogP contribution in [-0.4, -0.2) is 28.2 Å². The fraction of sp³-hybridized carbons (Fsp3) is 0.667. The first-order valence-electron chi connectivity index (χ1n) is 7.50. The molecule has 1 atom stereocenters. The van der Waals surface area contributed by atoms with Crippen LogP contribution < -0.4 is 5.32 Å². The molecule has 0 radical (unpaired) electrons. The normalized spacial score (nSPS) is 16.1. The van der Waals surface area contributed by atoms with E-state index in [-0.39, 0.29) is 11.6 Å². The number of nitrogens with one attached hydrogen (secondary N) is 1. The lowest BCUT2D eigenvalue weighted by atomic mass is 10.0. The minimum Gasteiger partial charge on any atom is -0.480 e. The Bertz CT molecular complexity index is 522. The minimum atomic E-state index is -1.02. The number of carbonyl (C=O) groups is 2. The van der Waals surface area contributed by atoms with Gasteiger partial charge in [-0.2, -0.15) is 0 Å². The van der Waals surface area contributed by atoms with Gasteiger partial charge < -0.3 is 14.9 Å². The Hall–Kier alpha value is -1.85. The number of carboxylic acid groups (broad SMARTS) is 1. The van der Waals surface area contributed by atoms with Crippen LogP contribution in [0.25, 0.3) is 0 Å². The molecule has 6 heteroatoms. The van der Waals surface area contributed by atoms with Gasteiger partial charge in [0.15, 0.2) is 5.69 Å². The maximum Gasteiger partial charge on any atom is 0.326 e. The van der Waals surface area contributed by atoms with Crippen LogP contribution in [0.4, 0.5) is 0 Å². The van der Waals surface area contributed by atoms with Gasteiger partial charge in [-0.1, -0.05) is 25.4 Å². The van der Waals surface area contributed by atoms with Crippen LogP contribution in [-0.2, 0) is 17.6 Å². The molecule has 2 rings (SSSR count). The van der Waals surface area contributed by atoms with E-state index in [4.69, 9.17) is 4.52 Å². The summed E-state index contributed by atoms with van der Waals surface area (Å²) in [7, 11) is 0. The van der Waals surface area contributed by atoms with E-state index in [9.17, 15) is 14.7 Å². The number of amides is 1. The third-order valence-electron chi connectivity index (χ3n) is 3.73. The lowest BCUT2D eigenvalue weighted by molar-refractivity contribution is -0.139. The fourth-order valence-electron chi connectivity index (χ4n) is 2.66. The van der Waals surface area contributed by atoms with Crippen molar-refractivity contribution in [1.82, 2.24) is 10.5 Å². The second kappa shape index (κ2) is 6.74. The van der Waals surface area contributed by atoms with Crippen molar-refractivity contribution in [3.05, 3.63) is 17.0 Å². The van der Waals surface area contributed by atoms with Crippen molar-refractivity contribution < 1.29 is 19.2 Å². The first kappa shape index (κ1) is 15.5. The minimum absolute atomic E-state index is 0.181. The first-order chi connectivity index (χ1) is 9.99. The molecule has 21 heavy (non-hydrogen) atoms. The summed E-state index contributed by atoms with van der Waals surface area (Å²) in [5.41, 5.74) is 1.10. The van der Waals surface area contributed by atoms with Gasteiger partial charge in [-0.3, -0.25) is 4.79 Å². The Labute approximate surface area is 123 Å². The van der Waals surface area contributed by atoms with Crippen LogP contribution in [0.5, 0.6) is 0 Å². The average molecular weight is 294 g/mol. The van der Waals surface area contributed by atoms with Gasteiger partial charge in [0.25, 0.3) is 5.91 Å². The lowest BCUT2D eigenvalue weighted by Gasteiger charge is -2.15. The zero-order chi connectivity index (χ0) is 15.4. The third kappa shape index (κ3) is 3.83. The summed E-state index contributed by atoms with van der Waals surface area (Å²) in [6.45, 7) is 3.84. The molecule has 0 unspecified atom stereocenters. The van der Waals surface area contributed by atoms with Crippen molar-refractivity contribution in [1.29, 1.82) is 0 Å². The predicted octanol–water partition coefficient (Wildman–Crippen LogP) is 2.17. The zero-order valence-corrected chi connectivity index (χ0v) is 12.5. The summed E-state index contributed by atoms with van der Waals surface area (Å²) in [5, 5.41) is 15.6. The number of hydrogen-bond donors (Lipinski definition) is 2. The maximum atomic E-state index is 12.3. The fourth-order valence-corrected chi connectivity index (χ4v) is 2.66. The van der Waals surface area contributed by atoms with E-state index in [1.54, 1.807) is 0 Å². The van der Waals surface area contributed by atoms with Gasteiger partial charge in [0.05, 0.1) is 0 Å². The monoisotopic (exact) mass is 294 g/mol. The van der Waals surface area contributed by atoms with Crippen molar-refractivity contribution in [3.63, 3.8) is 0 Å². The van der Waals surface area contributed by atoms with E-state index in [2.05, 4.69) is 10.5 Å². The number of aliphatic carboxylic acids is 1. The van der Waals surface area contributed by atoms with Gasteiger partial charge in [0.2, 0.25) is 0 Å². The number of aryl methyl sites for hydroxylation is 1. The van der Waals surface area contributed by atoms with Crippen LogP contribution in [0.15, 0.2) is 4.52 Å². The Morgan fingerprint density at radius 1 is 1.29 bits per heavy atom. The molecule has 1 aliphatic rings. The van der Waals surface area contributed by atoms with Crippen LogP contribution in [0.3, 0.4) is 0 Å². The smallest absolute Gasteiger partial charge is 0.326 e. The quantitative estimate of drug-likeness (QED) is 0.812. The first-order valence-corrected chi connectivity index (χ1v) is 7.50. The highest BCUT2D eigenvalue weighted by Gasteiger charge is 2.27. The largest absolute Gasteiger partial charge is 0.480 e. The molecular weight excluding hydrogens is 272 g/mol. The number of hydrogen-bond acceptors (Lipinski definition) is 4. The van der Waals surface area contributed by atoms with Crippen LogP contribution in [0.2, 0.25) is 0 Å². The number of aromatic nitrogens is 1. The third-order valence-corrected chi connectivity index (χ3v) is 3.73. The molecular formula is C15H22N2O4. The van der Waals surface area contributed by atoms with Crippen molar-refractivity contribution in [2.24, 2.45) is 5.92 Å². The highest BCUT2D eigenvalue weighted by Crippen LogP contribution is 2.23.